The number of amides is 2. The second-order valence-corrected chi connectivity index (χ2v) is 7.03. The Morgan fingerprint density at radius 2 is 1.83 bits per heavy atom. The third-order valence-electron chi connectivity index (χ3n) is 3.57. The number of carbonyl (C=O) groups is 1. The molecule has 2 aromatic carbocycles. The normalized spacial score (nSPS) is 12.4. The molecule has 0 aliphatic heterocycles. The first kappa shape index (κ1) is 18.0. The summed E-state index contributed by atoms with van der Waals surface area (Å²) in [7, 11) is -3.80. The van der Waals surface area contributed by atoms with Crippen LogP contribution in [0.3, 0.4) is 0 Å². The zero-order valence-electron chi connectivity index (χ0n) is 13.4. The van der Waals surface area contributed by atoms with Gasteiger partial charge in [0.15, 0.2) is 0 Å². The Morgan fingerprint density at radius 1 is 1.12 bits per heavy atom. The fourth-order valence-corrected chi connectivity index (χ4v) is 2.86. The molecule has 2 rings (SSSR count). The average molecular weight is 347 g/mol. The van der Waals surface area contributed by atoms with E-state index in [1.54, 1.807) is 6.07 Å². The second kappa shape index (κ2) is 7.94. The molecule has 2 amide bonds. The number of urea groups is 1. The number of hydrogen-bond donors (Lipinski definition) is 3. The second-order valence-electron chi connectivity index (χ2n) is 5.47. The van der Waals surface area contributed by atoms with Crippen molar-refractivity contribution in [2.75, 3.05) is 5.32 Å². The van der Waals surface area contributed by atoms with Gasteiger partial charge in [0.25, 0.3) is 0 Å². The molecule has 0 saturated carbocycles. The van der Waals surface area contributed by atoms with Gasteiger partial charge in [0.2, 0.25) is 10.0 Å². The van der Waals surface area contributed by atoms with Crippen LogP contribution in [0.4, 0.5) is 10.5 Å². The summed E-state index contributed by atoms with van der Waals surface area (Å²) in [6, 6.07) is 15.3. The van der Waals surface area contributed by atoms with E-state index < -0.39 is 10.0 Å². The first-order chi connectivity index (χ1) is 11.4. The summed E-state index contributed by atoms with van der Waals surface area (Å²) in [5, 5.41) is 10.6. The van der Waals surface area contributed by atoms with Gasteiger partial charge in [-0.25, -0.2) is 18.4 Å². The summed E-state index contributed by atoms with van der Waals surface area (Å²) < 4.78 is 22.7. The van der Waals surface area contributed by atoms with Gasteiger partial charge in [0.05, 0.1) is 4.90 Å². The molecule has 0 aliphatic rings. The van der Waals surface area contributed by atoms with Crippen LogP contribution in [0.2, 0.25) is 0 Å². The minimum atomic E-state index is -3.80. The zero-order valence-corrected chi connectivity index (χ0v) is 14.2. The van der Waals surface area contributed by atoms with E-state index in [-0.39, 0.29) is 17.0 Å². The number of anilines is 1. The molecule has 24 heavy (non-hydrogen) atoms. The molecule has 1 atom stereocenters. The summed E-state index contributed by atoms with van der Waals surface area (Å²) in [5.41, 5.74) is 1.51. The maximum Gasteiger partial charge on any atom is 0.319 e. The van der Waals surface area contributed by atoms with E-state index in [4.69, 9.17) is 5.14 Å². The molecule has 128 valence electrons. The topological polar surface area (TPSA) is 101 Å². The Bertz CT molecular complexity index is 792. The standard InChI is InChI=1S/C17H21N3O3S/c1-2-14(11-13-7-4-3-5-8-13)19-17(21)20-15-9-6-10-16(12-15)24(18,22)23/h3-10,12,14H,2,11H2,1H3,(H2,18,22,23)(H2,19,20,21)/t14-/m0/s1. The van der Waals surface area contributed by atoms with Gasteiger partial charge in [0, 0.05) is 11.7 Å². The SMILES string of the molecule is CC[C@@H](Cc1ccccc1)NC(=O)Nc1cccc(S(N)(=O)=O)c1. The number of hydrogen-bond acceptors (Lipinski definition) is 3. The lowest BCUT2D eigenvalue weighted by Gasteiger charge is -2.17. The van der Waals surface area contributed by atoms with Crippen LogP contribution in [0.15, 0.2) is 59.5 Å². The third-order valence-corrected chi connectivity index (χ3v) is 4.48. The van der Waals surface area contributed by atoms with E-state index in [1.807, 2.05) is 37.3 Å². The summed E-state index contributed by atoms with van der Waals surface area (Å²) >= 11 is 0. The molecule has 7 heteroatoms. The van der Waals surface area contributed by atoms with Crippen molar-refractivity contribution in [3.8, 4) is 0 Å². The number of primary sulfonamides is 1. The fraction of sp³-hybridized carbons (Fsp3) is 0.235. The summed E-state index contributed by atoms with van der Waals surface area (Å²) in [6.45, 7) is 2.00. The molecule has 4 N–H and O–H groups in total. The summed E-state index contributed by atoms with van der Waals surface area (Å²) in [5.74, 6) is 0. The lowest BCUT2D eigenvalue weighted by atomic mass is 10.0. The van der Waals surface area contributed by atoms with Crippen LogP contribution >= 0.6 is 0 Å². The third kappa shape index (κ3) is 5.36. The van der Waals surface area contributed by atoms with E-state index in [0.717, 1.165) is 18.4 Å². The summed E-state index contributed by atoms with van der Waals surface area (Å²) in [4.78, 5) is 12.1. The highest BCUT2D eigenvalue weighted by molar-refractivity contribution is 7.89. The van der Waals surface area contributed by atoms with Gasteiger partial charge in [0.1, 0.15) is 0 Å². The van der Waals surface area contributed by atoms with Gasteiger partial charge in [-0.15, -0.1) is 0 Å². The lowest BCUT2D eigenvalue weighted by molar-refractivity contribution is 0.248. The molecule has 0 unspecified atom stereocenters. The van der Waals surface area contributed by atoms with Gasteiger partial charge < -0.3 is 10.6 Å². The van der Waals surface area contributed by atoms with Crippen molar-refractivity contribution in [1.29, 1.82) is 0 Å². The van der Waals surface area contributed by atoms with E-state index in [0.29, 0.717) is 5.69 Å². The Hall–Kier alpha value is -2.38. The van der Waals surface area contributed by atoms with Gasteiger partial charge in [-0.05, 0) is 36.6 Å². The highest BCUT2D eigenvalue weighted by Crippen LogP contribution is 2.14. The number of benzene rings is 2. The lowest BCUT2D eigenvalue weighted by Crippen LogP contribution is -2.38. The van der Waals surface area contributed by atoms with Crippen molar-refractivity contribution >= 4 is 21.7 Å². The molecule has 0 aromatic heterocycles. The van der Waals surface area contributed by atoms with Crippen molar-refractivity contribution in [2.24, 2.45) is 5.14 Å². The number of nitrogens with two attached hydrogens (primary N) is 1. The van der Waals surface area contributed by atoms with E-state index >= 15 is 0 Å². The molecule has 6 nitrogen and oxygen atoms in total. The van der Waals surface area contributed by atoms with Crippen molar-refractivity contribution in [3.63, 3.8) is 0 Å². The van der Waals surface area contributed by atoms with Crippen LogP contribution < -0.4 is 15.8 Å². The van der Waals surface area contributed by atoms with Crippen LogP contribution in [0, 0.1) is 0 Å². The molecule has 0 saturated heterocycles. The molecule has 0 aliphatic carbocycles. The van der Waals surface area contributed by atoms with E-state index in [2.05, 4.69) is 10.6 Å². The van der Waals surface area contributed by atoms with Gasteiger partial charge in [-0.3, -0.25) is 0 Å². The first-order valence-electron chi connectivity index (χ1n) is 7.63. The van der Waals surface area contributed by atoms with Gasteiger partial charge in [-0.1, -0.05) is 43.3 Å². The summed E-state index contributed by atoms with van der Waals surface area (Å²) in [6.07, 6.45) is 1.50. The van der Waals surface area contributed by atoms with Crippen molar-refractivity contribution in [3.05, 3.63) is 60.2 Å². The molecule has 0 radical (unpaired) electrons. The molecular formula is C17H21N3O3S. The largest absolute Gasteiger partial charge is 0.335 e. The van der Waals surface area contributed by atoms with Crippen LogP contribution in [-0.2, 0) is 16.4 Å². The maximum atomic E-state index is 12.1. The molecule has 0 bridgehead atoms. The molecule has 0 fully saturated rings. The predicted octanol–water partition coefficient (Wildman–Crippen LogP) is 2.48. The highest BCUT2D eigenvalue weighted by atomic mass is 32.2. The minimum Gasteiger partial charge on any atom is -0.335 e. The quantitative estimate of drug-likeness (QED) is 0.748. The number of sulfonamides is 1. The fourth-order valence-electron chi connectivity index (χ4n) is 2.30. The Balaban J connectivity index is 1.99. The predicted molar refractivity (Wildman–Crippen MR) is 94.2 cm³/mol. The van der Waals surface area contributed by atoms with Crippen LogP contribution in [0.5, 0.6) is 0 Å². The molecular weight excluding hydrogens is 326 g/mol. The Labute approximate surface area is 142 Å². The van der Waals surface area contributed by atoms with Crippen molar-refractivity contribution in [2.45, 2.75) is 30.7 Å². The Morgan fingerprint density at radius 3 is 2.46 bits per heavy atom. The number of carbonyl (C=O) groups excluding carboxylic acids is 1. The molecule has 0 spiro atoms. The average Bonchev–Trinajstić information content (AvgIpc) is 2.54. The monoisotopic (exact) mass is 347 g/mol. The minimum absolute atomic E-state index is 0.0196. The van der Waals surface area contributed by atoms with Crippen LogP contribution in [0.25, 0.3) is 0 Å². The van der Waals surface area contributed by atoms with E-state index in [9.17, 15) is 13.2 Å². The maximum absolute atomic E-state index is 12.1. The smallest absolute Gasteiger partial charge is 0.319 e. The van der Waals surface area contributed by atoms with E-state index in [1.165, 1.54) is 18.2 Å². The van der Waals surface area contributed by atoms with Crippen molar-refractivity contribution < 1.29 is 13.2 Å². The first-order valence-corrected chi connectivity index (χ1v) is 9.17. The number of nitrogens with one attached hydrogen (secondary N) is 2. The number of rotatable bonds is 6. The Kier molecular flexibility index (Phi) is 5.94. The van der Waals surface area contributed by atoms with Crippen molar-refractivity contribution in [1.82, 2.24) is 5.32 Å². The van der Waals surface area contributed by atoms with Gasteiger partial charge >= 0.3 is 6.03 Å². The van der Waals surface area contributed by atoms with Crippen LogP contribution in [-0.4, -0.2) is 20.5 Å². The molecule has 2 aromatic rings. The van der Waals surface area contributed by atoms with Gasteiger partial charge in [-0.2, -0.15) is 0 Å². The molecule has 0 heterocycles. The zero-order chi connectivity index (χ0) is 17.6. The highest BCUT2D eigenvalue weighted by Gasteiger charge is 2.13. The van der Waals surface area contributed by atoms with Crippen LogP contribution in [0.1, 0.15) is 18.9 Å².